The average molecular weight is 547 g/mol. The number of carbonyl (C=O) groups is 2. The Kier molecular flexibility index (Phi) is 9.51. The lowest BCUT2D eigenvalue weighted by molar-refractivity contribution is -0.127. The van der Waals surface area contributed by atoms with Gasteiger partial charge in [0.1, 0.15) is 12.4 Å². The number of ether oxygens (including phenoxy) is 1. The lowest BCUT2D eigenvalue weighted by atomic mass is 9.92. The minimum Gasteiger partial charge on any atom is -0.489 e. The number of thioether (sulfide) groups is 1. The Morgan fingerprint density at radius 1 is 1.10 bits per heavy atom. The smallest absolute Gasteiger partial charge is 0.254 e. The molecule has 2 aliphatic rings. The minimum atomic E-state index is -0.427. The van der Waals surface area contributed by atoms with Crippen LogP contribution >= 0.6 is 11.8 Å². The van der Waals surface area contributed by atoms with Gasteiger partial charge in [-0.05, 0) is 62.8 Å². The van der Waals surface area contributed by atoms with E-state index in [-0.39, 0.29) is 24.3 Å². The third kappa shape index (κ3) is 6.56. The Bertz CT molecular complexity index is 1280. The van der Waals surface area contributed by atoms with Crippen molar-refractivity contribution in [3.05, 3.63) is 88.1 Å². The van der Waals surface area contributed by atoms with E-state index in [4.69, 9.17) is 9.73 Å². The standard InChI is InChI=1S/C31H38N4O3S/c1-6-21(4)32-27(36)18-25-20-39-31-33-22(5)28(30(37)34(7-2)8-3)29(35(25)31)24-15-12-16-26(17-24)38-19-23-13-10-9-11-14-23/h9-17,20-21,29H,6-8,18-19H2,1-5H3,(H,32,36). The number of nitrogens with zero attached hydrogens (tertiary/aromatic N) is 3. The lowest BCUT2D eigenvalue weighted by Crippen LogP contribution is -2.42. The van der Waals surface area contributed by atoms with E-state index < -0.39 is 6.04 Å². The van der Waals surface area contributed by atoms with Crippen LogP contribution in [0.25, 0.3) is 0 Å². The Hall–Kier alpha value is -3.52. The molecule has 39 heavy (non-hydrogen) atoms. The second kappa shape index (κ2) is 13.0. The maximum atomic E-state index is 13.9. The van der Waals surface area contributed by atoms with E-state index in [2.05, 4.69) is 10.2 Å². The van der Waals surface area contributed by atoms with Crippen molar-refractivity contribution in [2.75, 3.05) is 13.1 Å². The molecule has 7 nitrogen and oxygen atoms in total. The molecule has 0 aromatic heterocycles. The van der Waals surface area contributed by atoms with Gasteiger partial charge in [0.15, 0.2) is 5.17 Å². The zero-order valence-electron chi connectivity index (χ0n) is 23.4. The van der Waals surface area contributed by atoms with Crippen molar-refractivity contribution in [2.24, 2.45) is 4.99 Å². The van der Waals surface area contributed by atoms with E-state index in [0.717, 1.165) is 34.2 Å². The summed E-state index contributed by atoms with van der Waals surface area (Å²) in [6, 6.07) is 17.6. The van der Waals surface area contributed by atoms with Crippen molar-refractivity contribution >= 4 is 28.7 Å². The summed E-state index contributed by atoms with van der Waals surface area (Å²) < 4.78 is 6.15. The first-order valence-corrected chi connectivity index (χ1v) is 14.5. The number of hydrogen-bond donors (Lipinski definition) is 1. The molecule has 2 atom stereocenters. The van der Waals surface area contributed by atoms with E-state index >= 15 is 0 Å². The topological polar surface area (TPSA) is 74.2 Å². The number of aliphatic imine (C=N–C) groups is 1. The van der Waals surface area contributed by atoms with E-state index in [1.165, 1.54) is 11.8 Å². The number of rotatable bonds is 11. The number of likely N-dealkylation sites (N-methyl/N-ethyl adjacent to an activating group) is 1. The van der Waals surface area contributed by atoms with Crippen LogP contribution in [0.1, 0.15) is 64.6 Å². The van der Waals surface area contributed by atoms with E-state index in [1.54, 1.807) is 0 Å². The van der Waals surface area contributed by atoms with Crippen LogP contribution in [0.3, 0.4) is 0 Å². The third-order valence-corrected chi connectivity index (χ3v) is 7.95. The predicted octanol–water partition coefficient (Wildman–Crippen LogP) is 6.01. The van der Waals surface area contributed by atoms with Gasteiger partial charge < -0.3 is 19.9 Å². The Morgan fingerprint density at radius 3 is 2.54 bits per heavy atom. The highest BCUT2D eigenvalue weighted by Gasteiger charge is 2.41. The molecule has 0 saturated carbocycles. The molecule has 0 aliphatic carbocycles. The van der Waals surface area contributed by atoms with Gasteiger partial charge in [0, 0.05) is 24.8 Å². The number of nitrogens with one attached hydrogen (secondary N) is 1. The first-order valence-electron chi connectivity index (χ1n) is 13.7. The second-order valence-corrected chi connectivity index (χ2v) is 10.6. The number of carbonyl (C=O) groups excluding carboxylic acids is 2. The molecule has 2 unspecified atom stereocenters. The summed E-state index contributed by atoms with van der Waals surface area (Å²) in [5, 5.41) is 5.82. The Labute approximate surface area is 236 Å². The number of hydrogen-bond acceptors (Lipinski definition) is 6. The van der Waals surface area contributed by atoms with Gasteiger partial charge in [-0.3, -0.25) is 9.59 Å². The van der Waals surface area contributed by atoms with Crippen LogP contribution in [0.5, 0.6) is 5.75 Å². The number of amides is 2. The highest BCUT2D eigenvalue weighted by molar-refractivity contribution is 8.16. The fraction of sp³-hybridized carbons (Fsp3) is 0.387. The molecule has 0 fully saturated rings. The lowest BCUT2D eigenvalue weighted by Gasteiger charge is -2.38. The van der Waals surface area contributed by atoms with Crippen molar-refractivity contribution in [1.82, 2.24) is 15.1 Å². The van der Waals surface area contributed by atoms with Gasteiger partial charge in [-0.1, -0.05) is 61.2 Å². The van der Waals surface area contributed by atoms with Crippen LogP contribution in [0.2, 0.25) is 0 Å². The third-order valence-electron chi connectivity index (χ3n) is 7.07. The zero-order valence-corrected chi connectivity index (χ0v) is 24.3. The van der Waals surface area contributed by atoms with Crippen LogP contribution in [0.4, 0.5) is 0 Å². The number of amidine groups is 1. The molecule has 2 amide bonds. The van der Waals surface area contributed by atoms with Crippen molar-refractivity contribution in [3.63, 3.8) is 0 Å². The van der Waals surface area contributed by atoms with Crippen LogP contribution < -0.4 is 10.1 Å². The molecule has 0 bridgehead atoms. The maximum absolute atomic E-state index is 13.9. The molecule has 206 valence electrons. The first-order chi connectivity index (χ1) is 18.9. The minimum absolute atomic E-state index is 0.0405. The molecule has 2 heterocycles. The average Bonchev–Trinajstić information content (AvgIpc) is 3.33. The van der Waals surface area contributed by atoms with Crippen molar-refractivity contribution in [3.8, 4) is 5.75 Å². The Balaban J connectivity index is 1.71. The fourth-order valence-corrected chi connectivity index (χ4v) is 5.71. The number of fused-ring (bicyclic) bond motifs is 1. The van der Waals surface area contributed by atoms with Gasteiger partial charge in [0.25, 0.3) is 5.91 Å². The first kappa shape index (κ1) is 28.5. The SMILES string of the molecule is CCC(C)NC(=O)CC1=CSC2=NC(C)=C(C(=O)N(CC)CC)C(c3cccc(OCc4ccccc4)c3)N12. The summed E-state index contributed by atoms with van der Waals surface area (Å²) in [5.41, 5.74) is 4.15. The number of allylic oxidation sites excluding steroid dienone is 1. The Morgan fingerprint density at radius 2 is 1.85 bits per heavy atom. The van der Waals surface area contributed by atoms with E-state index in [0.29, 0.717) is 31.0 Å². The predicted molar refractivity (Wildman–Crippen MR) is 158 cm³/mol. The molecular formula is C31H38N4O3S. The quantitative estimate of drug-likeness (QED) is 0.373. The van der Waals surface area contributed by atoms with E-state index in [1.807, 2.05) is 99.5 Å². The highest BCUT2D eigenvalue weighted by atomic mass is 32.2. The van der Waals surface area contributed by atoms with Gasteiger partial charge in [0.05, 0.1) is 23.7 Å². The van der Waals surface area contributed by atoms with Crippen molar-refractivity contribution in [1.29, 1.82) is 0 Å². The number of benzene rings is 2. The van der Waals surface area contributed by atoms with Crippen molar-refractivity contribution < 1.29 is 14.3 Å². The van der Waals surface area contributed by atoms with Crippen molar-refractivity contribution in [2.45, 2.75) is 66.2 Å². The summed E-state index contributed by atoms with van der Waals surface area (Å²) in [6.45, 7) is 11.6. The zero-order chi connectivity index (χ0) is 27.9. The van der Waals surface area contributed by atoms with E-state index in [9.17, 15) is 9.59 Å². The fourth-order valence-electron chi connectivity index (χ4n) is 4.75. The van der Waals surface area contributed by atoms with Crippen LogP contribution in [0.15, 0.2) is 82.0 Å². The highest BCUT2D eigenvalue weighted by Crippen LogP contribution is 2.45. The summed E-state index contributed by atoms with van der Waals surface area (Å²) in [7, 11) is 0. The molecule has 0 saturated heterocycles. The molecule has 4 rings (SSSR count). The summed E-state index contributed by atoms with van der Waals surface area (Å²) >= 11 is 1.49. The molecule has 1 N–H and O–H groups in total. The van der Waals surface area contributed by atoms with Gasteiger partial charge in [-0.15, -0.1) is 0 Å². The summed E-state index contributed by atoms with van der Waals surface area (Å²) in [5.74, 6) is 0.639. The molecule has 2 aromatic rings. The maximum Gasteiger partial charge on any atom is 0.254 e. The molecular weight excluding hydrogens is 508 g/mol. The molecule has 2 aliphatic heterocycles. The second-order valence-electron chi connectivity index (χ2n) is 9.77. The van der Waals surface area contributed by atoms with Crippen LogP contribution in [-0.4, -0.2) is 45.9 Å². The summed E-state index contributed by atoms with van der Waals surface area (Å²) in [6.07, 6.45) is 1.07. The largest absolute Gasteiger partial charge is 0.489 e. The van der Waals surface area contributed by atoms with Gasteiger partial charge in [0.2, 0.25) is 5.91 Å². The van der Waals surface area contributed by atoms with Crippen LogP contribution in [0, 0.1) is 0 Å². The monoisotopic (exact) mass is 546 g/mol. The van der Waals surface area contributed by atoms with Gasteiger partial charge >= 0.3 is 0 Å². The summed E-state index contributed by atoms with van der Waals surface area (Å²) in [4.78, 5) is 35.5. The molecule has 0 spiro atoms. The van der Waals surface area contributed by atoms with Crippen LogP contribution in [-0.2, 0) is 16.2 Å². The molecule has 0 radical (unpaired) electrons. The molecule has 2 aromatic carbocycles. The molecule has 8 heteroatoms. The van der Waals surface area contributed by atoms with Gasteiger partial charge in [-0.25, -0.2) is 4.99 Å². The van der Waals surface area contributed by atoms with Gasteiger partial charge in [-0.2, -0.15) is 0 Å². The normalized spacial score (nSPS) is 17.3.